The fourth-order valence-electron chi connectivity index (χ4n) is 3.77. The molecule has 1 amide bonds. The number of ether oxygens (including phenoxy) is 2. The predicted octanol–water partition coefficient (Wildman–Crippen LogP) is 3.75. The van der Waals surface area contributed by atoms with E-state index in [-0.39, 0.29) is 22.7 Å². The summed E-state index contributed by atoms with van der Waals surface area (Å²) in [7, 11) is 2.82. The molecule has 0 spiro atoms. The summed E-state index contributed by atoms with van der Waals surface area (Å²) in [6, 6.07) is 8.92. The number of nitro groups is 1. The second-order valence-corrected chi connectivity index (χ2v) is 8.42. The molecule has 4 rings (SSSR count). The fourth-order valence-corrected chi connectivity index (χ4v) is 4.85. The maximum atomic E-state index is 13.1. The lowest BCUT2D eigenvalue weighted by molar-refractivity contribution is -0.385. The summed E-state index contributed by atoms with van der Waals surface area (Å²) in [5.41, 5.74) is 1.95. The summed E-state index contributed by atoms with van der Waals surface area (Å²) in [5.74, 6) is 0.0952. The van der Waals surface area contributed by atoms with Gasteiger partial charge in [0.25, 0.3) is 11.6 Å². The number of carbonyl (C=O) groups is 1. The van der Waals surface area contributed by atoms with Gasteiger partial charge in [-0.3, -0.25) is 14.9 Å². The monoisotopic (exact) mass is 456 g/mol. The van der Waals surface area contributed by atoms with Gasteiger partial charge in [-0.1, -0.05) is 24.3 Å². The number of benzene rings is 2. The Morgan fingerprint density at radius 2 is 1.81 bits per heavy atom. The van der Waals surface area contributed by atoms with E-state index in [1.54, 1.807) is 16.2 Å². The first-order valence-corrected chi connectivity index (χ1v) is 11.1. The molecule has 1 aromatic heterocycles. The lowest BCUT2D eigenvalue weighted by Gasteiger charge is -2.34. The van der Waals surface area contributed by atoms with Crippen LogP contribution in [0.15, 0.2) is 30.3 Å². The number of rotatable bonds is 6. The van der Waals surface area contributed by atoms with E-state index in [1.165, 1.54) is 31.9 Å². The largest absolute Gasteiger partial charge is 0.493 e. The Kier molecular flexibility index (Phi) is 6.13. The maximum Gasteiger partial charge on any atom is 0.286 e. The van der Waals surface area contributed by atoms with Crippen LogP contribution in [0.3, 0.4) is 0 Å². The number of piperazine rings is 1. The number of methoxy groups -OCH3 is 2. The van der Waals surface area contributed by atoms with Crippen molar-refractivity contribution >= 4 is 38.3 Å². The van der Waals surface area contributed by atoms with Crippen LogP contribution in [0.5, 0.6) is 11.5 Å². The molecule has 168 valence electrons. The van der Waals surface area contributed by atoms with Crippen LogP contribution >= 0.6 is 11.3 Å². The average molecular weight is 457 g/mol. The molecule has 0 saturated carbocycles. The number of fused-ring (bicyclic) bond motifs is 1. The van der Waals surface area contributed by atoms with Crippen molar-refractivity contribution in [2.75, 3.05) is 45.3 Å². The molecule has 0 N–H and O–H groups in total. The molecular formula is C22H24N4O5S. The average Bonchev–Trinajstić information content (AvgIpc) is 3.26. The first kappa shape index (κ1) is 21.8. The van der Waals surface area contributed by atoms with E-state index >= 15 is 0 Å². The minimum Gasteiger partial charge on any atom is -0.493 e. The Labute approximate surface area is 189 Å². The number of aryl methyl sites for hydroxylation is 1. The molecule has 2 heterocycles. The van der Waals surface area contributed by atoms with E-state index in [2.05, 4.69) is 24.0 Å². The van der Waals surface area contributed by atoms with Crippen molar-refractivity contribution in [2.24, 2.45) is 0 Å². The third kappa shape index (κ3) is 4.05. The molecule has 2 aromatic carbocycles. The van der Waals surface area contributed by atoms with Gasteiger partial charge in [0.05, 0.1) is 35.4 Å². The van der Waals surface area contributed by atoms with Crippen LogP contribution in [0.1, 0.15) is 22.8 Å². The standard InChI is InChI=1S/C22H24N4O5S/c1-4-14-5-6-16-20(11-14)32-22(23-16)25-9-7-24(8-10-25)21(27)15-12-18(30-2)19(31-3)13-17(15)26(28)29/h5-6,11-13H,4,7-10H2,1-3H3. The maximum absolute atomic E-state index is 13.1. The highest BCUT2D eigenvalue weighted by Gasteiger charge is 2.30. The number of hydrogen-bond donors (Lipinski definition) is 0. The first-order chi connectivity index (χ1) is 15.4. The Morgan fingerprint density at radius 1 is 1.12 bits per heavy atom. The zero-order valence-corrected chi connectivity index (χ0v) is 19.0. The van der Waals surface area contributed by atoms with Gasteiger partial charge in [0.1, 0.15) is 5.56 Å². The molecule has 1 aliphatic rings. The van der Waals surface area contributed by atoms with Gasteiger partial charge in [0.15, 0.2) is 16.6 Å². The van der Waals surface area contributed by atoms with Crippen molar-refractivity contribution in [3.8, 4) is 11.5 Å². The van der Waals surface area contributed by atoms with Crippen molar-refractivity contribution in [3.05, 3.63) is 51.6 Å². The summed E-state index contributed by atoms with van der Waals surface area (Å²) < 4.78 is 11.5. The predicted molar refractivity (Wildman–Crippen MR) is 123 cm³/mol. The summed E-state index contributed by atoms with van der Waals surface area (Å²) in [4.78, 5) is 32.7. The SMILES string of the molecule is CCc1ccc2nc(N3CCN(C(=O)c4cc(OC)c(OC)cc4[N+](=O)[O-])CC3)sc2c1. The molecule has 0 atom stereocenters. The molecule has 0 bridgehead atoms. The van der Waals surface area contributed by atoms with Crippen LogP contribution in [0.25, 0.3) is 10.2 Å². The van der Waals surface area contributed by atoms with Crippen molar-refractivity contribution in [3.63, 3.8) is 0 Å². The van der Waals surface area contributed by atoms with Crippen molar-refractivity contribution < 1.29 is 19.2 Å². The molecule has 0 unspecified atom stereocenters. The van der Waals surface area contributed by atoms with Crippen LogP contribution in [-0.4, -0.2) is 61.1 Å². The van der Waals surface area contributed by atoms with E-state index < -0.39 is 10.8 Å². The van der Waals surface area contributed by atoms with Gasteiger partial charge in [0, 0.05) is 32.2 Å². The fraction of sp³-hybridized carbons (Fsp3) is 0.364. The van der Waals surface area contributed by atoms with E-state index in [4.69, 9.17) is 14.5 Å². The third-order valence-electron chi connectivity index (χ3n) is 5.62. The Balaban J connectivity index is 1.52. The van der Waals surface area contributed by atoms with Crippen LogP contribution in [0.2, 0.25) is 0 Å². The number of aromatic nitrogens is 1. The van der Waals surface area contributed by atoms with Gasteiger partial charge in [-0.15, -0.1) is 0 Å². The van der Waals surface area contributed by atoms with Gasteiger partial charge in [-0.25, -0.2) is 4.98 Å². The normalized spacial score (nSPS) is 14.0. The van der Waals surface area contributed by atoms with Crippen LogP contribution < -0.4 is 14.4 Å². The molecular weight excluding hydrogens is 432 g/mol. The van der Waals surface area contributed by atoms with E-state index in [9.17, 15) is 14.9 Å². The number of thiazole rings is 1. The van der Waals surface area contributed by atoms with E-state index in [0.717, 1.165) is 21.8 Å². The smallest absolute Gasteiger partial charge is 0.286 e. The van der Waals surface area contributed by atoms with Crippen molar-refractivity contribution in [1.82, 2.24) is 9.88 Å². The Morgan fingerprint density at radius 3 is 2.44 bits per heavy atom. The summed E-state index contributed by atoms with van der Waals surface area (Å²) in [6.45, 7) is 4.23. The molecule has 9 nitrogen and oxygen atoms in total. The van der Waals surface area contributed by atoms with E-state index in [1.807, 2.05) is 6.07 Å². The molecule has 0 radical (unpaired) electrons. The lowest BCUT2D eigenvalue weighted by atomic mass is 10.1. The molecule has 0 aliphatic carbocycles. The van der Waals surface area contributed by atoms with Crippen LogP contribution in [-0.2, 0) is 6.42 Å². The first-order valence-electron chi connectivity index (χ1n) is 10.3. The Hall–Kier alpha value is -3.40. The van der Waals surface area contributed by atoms with Gasteiger partial charge < -0.3 is 19.3 Å². The Bertz CT molecular complexity index is 1170. The summed E-state index contributed by atoms with van der Waals surface area (Å²) in [5, 5.41) is 12.5. The quantitative estimate of drug-likeness (QED) is 0.412. The minimum absolute atomic E-state index is 0.00631. The van der Waals surface area contributed by atoms with Gasteiger partial charge >= 0.3 is 0 Å². The minimum atomic E-state index is -0.572. The third-order valence-corrected chi connectivity index (χ3v) is 6.70. The zero-order valence-electron chi connectivity index (χ0n) is 18.2. The molecule has 1 fully saturated rings. The number of amides is 1. The topological polar surface area (TPSA) is 98.0 Å². The molecule has 10 heteroatoms. The van der Waals surface area contributed by atoms with Gasteiger partial charge in [-0.2, -0.15) is 0 Å². The second-order valence-electron chi connectivity index (χ2n) is 7.41. The van der Waals surface area contributed by atoms with Crippen LogP contribution in [0, 0.1) is 10.1 Å². The van der Waals surface area contributed by atoms with Gasteiger partial charge in [0.2, 0.25) is 0 Å². The molecule has 1 aliphatic heterocycles. The van der Waals surface area contributed by atoms with Crippen LogP contribution in [0.4, 0.5) is 10.8 Å². The number of nitro benzene ring substituents is 1. The number of hydrogen-bond acceptors (Lipinski definition) is 8. The molecule has 3 aromatic rings. The zero-order chi connectivity index (χ0) is 22.8. The molecule has 32 heavy (non-hydrogen) atoms. The van der Waals surface area contributed by atoms with Crippen molar-refractivity contribution in [1.29, 1.82) is 0 Å². The summed E-state index contributed by atoms with van der Waals surface area (Å²) in [6.07, 6.45) is 0.978. The highest BCUT2D eigenvalue weighted by molar-refractivity contribution is 7.22. The number of nitrogens with zero attached hydrogens (tertiary/aromatic N) is 4. The molecule has 1 saturated heterocycles. The van der Waals surface area contributed by atoms with Crippen molar-refractivity contribution in [2.45, 2.75) is 13.3 Å². The van der Waals surface area contributed by atoms with Gasteiger partial charge in [-0.05, 0) is 24.1 Å². The lowest BCUT2D eigenvalue weighted by Crippen LogP contribution is -2.48. The van der Waals surface area contributed by atoms with E-state index in [0.29, 0.717) is 26.2 Å². The second kappa shape index (κ2) is 8.99. The number of carbonyl (C=O) groups excluding carboxylic acids is 1. The number of anilines is 1. The highest BCUT2D eigenvalue weighted by Crippen LogP contribution is 2.35. The summed E-state index contributed by atoms with van der Waals surface area (Å²) >= 11 is 1.65. The highest BCUT2D eigenvalue weighted by atomic mass is 32.1.